The Balaban J connectivity index is 1.60. The highest BCUT2D eigenvalue weighted by molar-refractivity contribution is 7.13. The van der Waals surface area contributed by atoms with Crippen LogP contribution in [0.5, 0.6) is 0 Å². The van der Waals surface area contributed by atoms with Crippen LogP contribution in [0.1, 0.15) is 18.4 Å². The Morgan fingerprint density at radius 2 is 2.26 bits per heavy atom. The summed E-state index contributed by atoms with van der Waals surface area (Å²) in [5.74, 6) is -0.0334. The van der Waals surface area contributed by atoms with Crippen molar-refractivity contribution < 1.29 is 9.53 Å². The van der Waals surface area contributed by atoms with Gasteiger partial charge < -0.3 is 10.1 Å². The predicted octanol–water partition coefficient (Wildman–Crippen LogP) is 2.76. The average molecular weight is 331 g/mol. The third-order valence-corrected chi connectivity index (χ3v) is 4.47. The molecule has 1 N–H and O–H groups in total. The molecule has 1 fully saturated rings. The quantitative estimate of drug-likeness (QED) is 0.848. The second kappa shape index (κ2) is 8.19. The molecule has 2 heterocycles. The van der Waals surface area contributed by atoms with Gasteiger partial charge in [-0.1, -0.05) is 30.3 Å². The number of anilines is 1. The third kappa shape index (κ3) is 5.13. The molecule has 1 aromatic carbocycles. The summed E-state index contributed by atoms with van der Waals surface area (Å²) in [5.41, 5.74) is 1.20. The molecule has 1 aliphatic heterocycles. The Morgan fingerprint density at radius 3 is 2.96 bits per heavy atom. The fourth-order valence-electron chi connectivity index (χ4n) is 2.75. The molecule has 122 valence electrons. The minimum absolute atomic E-state index is 0.0334. The number of benzene rings is 1. The Morgan fingerprint density at radius 1 is 1.39 bits per heavy atom. The van der Waals surface area contributed by atoms with E-state index in [1.807, 2.05) is 23.6 Å². The van der Waals surface area contributed by atoms with Crippen molar-refractivity contribution in [2.75, 3.05) is 25.0 Å². The van der Waals surface area contributed by atoms with E-state index in [1.54, 1.807) is 6.20 Å². The van der Waals surface area contributed by atoms with Crippen LogP contribution in [0.3, 0.4) is 0 Å². The summed E-state index contributed by atoms with van der Waals surface area (Å²) in [6, 6.07) is 10.2. The van der Waals surface area contributed by atoms with Crippen LogP contribution in [0.25, 0.3) is 0 Å². The second-order valence-corrected chi connectivity index (χ2v) is 6.57. The van der Waals surface area contributed by atoms with Crippen molar-refractivity contribution in [1.82, 2.24) is 9.88 Å². The lowest BCUT2D eigenvalue weighted by Gasteiger charge is -2.24. The van der Waals surface area contributed by atoms with Crippen molar-refractivity contribution in [3.63, 3.8) is 0 Å². The zero-order valence-electron chi connectivity index (χ0n) is 13.0. The number of hydrogen-bond donors (Lipinski definition) is 1. The number of nitrogens with one attached hydrogen (secondary N) is 1. The van der Waals surface area contributed by atoms with Crippen molar-refractivity contribution in [3.05, 3.63) is 47.5 Å². The first-order valence-electron chi connectivity index (χ1n) is 7.87. The lowest BCUT2D eigenvalue weighted by molar-refractivity contribution is -0.117. The monoisotopic (exact) mass is 331 g/mol. The van der Waals surface area contributed by atoms with Crippen LogP contribution in [0.15, 0.2) is 41.9 Å². The minimum Gasteiger partial charge on any atom is -0.377 e. The van der Waals surface area contributed by atoms with E-state index in [0.29, 0.717) is 11.7 Å². The van der Waals surface area contributed by atoms with E-state index in [0.717, 1.165) is 32.5 Å². The van der Waals surface area contributed by atoms with Crippen molar-refractivity contribution in [2.45, 2.75) is 25.5 Å². The van der Waals surface area contributed by atoms with Crippen LogP contribution in [-0.4, -0.2) is 41.6 Å². The van der Waals surface area contributed by atoms with Crippen LogP contribution in [0, 0.1) is 0 Å². The van der Waals surface area contributed by atoms with Gasteiger partial charge in [0.2, 0.25) is 5.91 Å². The highest BCUT2D eigenvalue weighted by Crippen LogP contribution is 2.16. The average Bonchev–Trinajstić information content (AvgIpc) is 3.22. The fourth-order valence-corrected chi connectivity index (χ4v) is 3.30. The highest BCUT2D eigenvalue weighted by Gasteiger charge is 2.21. The SMILES string of the molecule is O=C(CN(Cc1ccccc1)C[C@H]1CCCO1)Nc1nccs1. The molecule has 1 saturated heterocycles. The summed E-state index contributed by atoms with van der Waals surface area (Å²) in [7, 11) is 0. The van der Waals surface area contributed by atoms with Gasteiger partial charge in [-0.25, -0.2) is 4.98 Å². The molecule has 1 aliphatic rings. The lowest BCUT2D eigenvalue weighted by Crippen LogP contribution is -2.37. The molecular weight excluding hydrogens is 310 g/mol. The van der Waals surface area contributed by atoms with E-state index in [2.05, 4.69) is 27.3 Å². The molecule has 5 nitrogen and oxygen atoms in total. The molecule has 3 rings (SSSR count). The number of amides is 1. The summed E-state index contributed by atoms with van der Waals surface area (Å²) in [4.78, 5) is 18.5. The Kier molecular flexibility index (Phi) is 5.74. The molecule has 6 heteroatoms. The highest BCUT2D eigenvalue weighted by atomic mass is 32.1. The first kappa shape index (κ1) is 16.1. The first-order chi connectivity index (χ1) is 11.3. The molecule has 2 aromatic rings. The number of rotatable bonds is 7. The van der Waals surface area contributed by atoms with Crippen LogP contribution in [-0.2, 0) is 16.1 Å². The molecule has 1 atom stereocenters. The van der Waals surface area contributed by atoms with E-state index in [9.17, 15) is 4.79 Å². The van der Waals surface area contributed by atoms with Crippen molar-refractivity contribution in [2.24, 2.45) is 0 Å². The van der Waals surface area contributed by atoms with E-state index in [-0.39, 0.29) is 12.0 Å². The predicted molar refractivity (Wildman–Crippen MR) is 91.4 cm³/mol. The normalized spacial score (nSPS) is 17.5. The van der Waals surface area contributed by atoms with Gasteiger partial charge in [-0.15, -0.1) is 11.3 Å². The van der Waals surface area contributed by atoms with Crippen molar-refractivity contribution >= 4 is 22.4 Å². The van der Waals surface area contributed by atoms with E-state index in [4.69, 9.17) is 4.74 Å². The molecule has 0 bridgehead atoms. The number of aromatic nitrogens is 1. The van der Waals surface area contributed by atoms with Crippen LogP contribution in [0.4, 0.5) is 5.13 Å². The van der Waals surface area contributed by atoms with Gasteiger partial charge in [0.1, 0.15) is 0 Å². The first-order valence-corrected chi connectivity index (χ1v) is 8.75. The third-order valence-electron chi connectivity index (χ3n) is 3.78. The zero-order chi connectivity index (χ0) is 15.9. The summed E-state index contributed by atoms with van der Waals surface area (Å²) in [6.07, 6.45) is 4.09. The molecule has 1 aromatic heterocycles. The van der Waals surface area contributed by atoms with Gasteiger partial charge in [-0.05, 0) is 18.4 Å². The molecule has 0 aliphatic carbocycles. The maximum Gasteiger partial charge on any atom is 0.240 e. The van der Waals surface area contributed by atoms with Crippen LogP contribution in [0.2, 0.25) is 0 Å². The summed E-state index contributed by atoms with van der Waals surface area (Å²) in [5, 5.41) is 5.35. The van der Waals surface area contributed by atoms with Gasteiger partial charge in [-0.2, -0.15) is 0 Å². The summed E-state index contributed by atoms with van der Waals surface area (Å²) in [6.45, 7) is 2.69. The van der Waals surface area contributed by atoms with Gasteiger partial charge in [-0.3, -0.25) is 9.69 Å². The van der Waals surface area contributed by atoms with Gasteiger partial charge in [0, 0.05) is 31.3 Å². The number of carbonyl (C=O) groups excluding carboxylic acids is 1. The summed E-state index contributed by atoms with van der Waals surface area (Å²) >= 11 is 1.43. The van der Waals surface area contributed by atoms with Crippen LogP contribution >= 0.6 is 11.3 Å². The zero-order valence-corrected chi connectivity index (χ0v) is 13.8. The largest absolute Gasteiger partial charge is 0.377 e. The maximum absolute atomic E-state index is 12.3. The van der Waals surface area contributed by atoms with E-state index < -0.39 is 0 Å². The van der Waals surface area contributed by atoms with Gasteiger partial charge in [0.15, 0.2) is 5.13 Å². The van der Waals surface area contributed by atoms with Gasteiger partial charge in [0.25, 0.3) is 0 Å². The standard InChI is InChI=1S/C17H21N3O2S/c21-16(19-17-18-8-10-23-17)13-20(12-15-7-4-9-22-15)11-14-5-2-1-3-6-14/h1-3,5-6,8,10,15H,4,7,9,11-13H2,(H,18,19,21)/t15-/m1/s1. The molecule has 1 amide bonds. The number of nitrogens with zero attached hydrogens (tertiary/aromatic N) is 2. The Bertz CT molecular complexity index is 598. The molecule has 0 spiro atoms. The van der Waals surface area contributed by atoms with Gasteiger partial charge >= 0.3 is 0 Å². The van der Waals surface area contributed by atoms with Gasteiger partial charge in [0.05, 0.1) is 12.6 Å². The molecule has 0 radical (unpaired) electrons. The van der Waals surface area contributed by atoms with E-state index >= 15 is 0 Å². The van der Waals surface area contributed by atoms with Crippen molar-refractivity contribution in [3.8, 4) is 0 Å². The molecule has 0 saturated carbocycles. The molecular formula is C17H21N3O2S. The Labute approximate surface area is 140 Å². The molecule has 0 unspecified atom stereocenters. The number of carbonyl (C=O) groups is 1. The smallest absolute Gasteiger partial charge is 0.240 e. The second-order valence-electron chi connectivity index (χ2n) is 5.68. The number of hydrogen-bond acceptors (Lipinski definition) is 5. The topological polar surface area (TPSA) is 54.5 Å². The maximum atomic E-state index is 12.3. The Hall–Kier alpha value is -1.76. The molecule has 23 heavy (non-hydrogen) atoms. The fraction of sp³-hybridized carbons (Fsp3) is 0.412. The minimum atomic E-state index is -0.0334. The van der Waals surface area contributed by atoms with Crippen molar-refractivity contribution in [1.29, 1.82) is 0 Å². The van der Waals surface area contributed by atoms with Crippen LogP contribution < -0.4 is 5.32 Å². The number of thiazole rings is 1. The van der Waals surface area contributed by atoms with E-state index in [1.165, 1.54) is 16.9 Å². The summed E-state index contributed by atoms with van der Waals surface area (Å²) < 4.78 is 5.72. The number of ether oxygens (including phenoxy) is 1. The lowest BCUT2D eigenvalue weighted by atomic mass is 10.2.